The van der Waals surface area contributed by atoms with E-state index in [4.69, 9.17) is 37.0 Å². The first-order valence-corrected chi connectivity index (χ1v) is 47.6. The molecule has 0 amide bonds. The smallest absolute Gasteiger partial charge is 0.462 e. The maximum Gasteiger partial charge on any atom is 0.472 e. The Kier molecular flexibility index (Phi) is 76.0. The molecule has 0 aromatic heterocycles. The number of unbranched alkanes of at least 4 members (excludes halogenated alkanes) is 53. The SMILES string of the molecule is CCCCCCCCCCCCCCCCCCCC(=O)O[C@H](COC(=O)CCCCCCCCCCCCCC)COP(=O)(O)OC[C@H](O)COP(=O)(O)OC[C@@H](COC(=O)CCCCCCCCCCCCCCCCC(C)CC)OC(=O)CCCCCCCCCCCCCCCCC(C)CC. The van der Waals surface area contributed by atoms with Crippen molar-refractivity contribution in [2.75, 3.05) is 39.6 Å². The van der Waals surface area contributed by atoms with E-state index in [0.29, 0.717) is 25.7 Å². The Morgan fingerprint density at radius 2 is 0.457 bits per heavy atom. The van der Waals surface area contributed by atoms with Crippen LogP contribution >= 0.6 is 15.6 Å². The minimum Gasteiger partial charge on any atom is -0.462 e. The fourth-order valence-corrected chi connectivity index (χ4v) is 14.9. The number of aliphatic hydroxyl groups is 1. The van der Waals surface area contributed by atoms with Gasteiger partial charge in [0.1, 0.15) is 19.3 Å². The summed E-state index contributed by atoms with van der Waals surface area (Å²) < 4.78 is 68.9. The fourth-order valence-electron chi connectivity index (χ4n) is 13.4. The first-order chi connectivity index (χ1) is 50.9. The number of phosphoric ester groups is 2. The van der Waals surface area contributed by atoms with Crippen LogP contribution < -0.4 is 0 Å². The lowest BCUT2D eigenvalue weighted by Gasteiger charge is -2.21. The van der Waals surface area contributed by atoms with E-state index in [9.17, 15) is 43.2 Å². The number of rotatable bonds is 85. The van der Waals surface area contributed by atoms with Gasteiger partial charge in [-0.1, -0.05) is 408 Å². The van der Waals surface area contributed by atoms with E-state index < -0.39 is 97.5 Å². The highest BCUT2D eigenvalue weighted by Crippen LogP contribution is 2.45. The second kappa shape index (κ2) is 77.4. The molecule has 0 bridgehead atoms. The maximum absolute atomic E-state index is 13.1. The first-order valence-electron chi connectivity index (χ1n) is 44.6. The van der Waals surface area contributed by atoms with E-state index in [-0.39, 0.29) is 25.7 Å². The monoisotopic (exact) mass is 1540 g/mol. The van der Waals surface area contributed by atoms with Crippen molar-refractivity contribution in [1.82, 2.24) is 0 Å². The van der Waals surface area contributed by atoms with Crippen LogP contribution in [0.1, 0.15) is 459 Å². The molecule has 624 valence electrons. The average Bonchev–Trinajstić information content (AvgIpc) is 0.912. The van der Waals surface area contributed by atoms with E-state index in [2.05, 4.69) is 41.5 Å². The van der Waals surface area contributed by atoms with Gasteiger partial charge in [-0.15, -0.1) is 0 Å². The molecule has 105 heavy (non-hydrogen) atoms. The van der Waals surface area contributed by atoms with Crippen LogP contribution in [0.5, 0.6) is 0 Å². The number of esters is 4. The number of ether oxygens (including phenoxy) is 4. The molecule has 3 N–H and O–H groups in total. The van der Waals surface area contributed by atoms with Crippen molar-refractivity contribution in [2.45, 2.75) is 477 Å². The topological polar surface area (TPSA) is 237 Å². The lowest BCUT2D eigenvalue weighted by atomic mass is 9.99. The van der Waals surface area contributed by atoms with E-state index in [1.54, 1.807) is 0 Å². The Hall–Kier alpha value is -1.94. The van der Waals surface area contributed by atoms with Gasteiger partial charge in [0.05, 0.1) is 26.4 Å². The van der Waals surface area contributed by atoms with Gasteiger partial charge in [0.25, 0.3) is 0 Å². The third-order valence-electron chi connectivity index (χ3n) is 20.9. The standard InChI is InChI=1S/C86H168O17P2/c1-7-11-13-15-17-19-21-23-24-25-26-34-40-46-52-58-64-70-85(90)102-81(74-96-83(88)68-62-56-50-44-38-22-20-18-16-14-12-8-2)76-100-104(92,93)98-72-80(87)73-99-105(94,95)101-77-82(103-86(91)71-65-59-53-47-41-35-30-28-32-37-43-49-55-61-67-79(6)10-4)75-97-84(89)69-63-57-51-45-39-33-29-27-31-36-42-48-54-60-66-78(5)9-3/h78-82,87H,7-77H2,1-6H3,(H,92,93)(H,94,95)/t78?,79?,80-,81+,82+/m0/s1. The predicted molar refractivity (Wildman–Crippen MR) is 432 cm³/mol. The van der Waals surface area contributed by atoms with Crippen LogP contribution in [-0.4, -0.2) is 96.7 Å². The molecule has 0 aliphatic heterocycles. The lowest BCUT2D eigenvalue weighted by molar-refractivity contribution is -0.161. The summed E-state index contributed by atoms with van der Waals surface area (Å²) in [7, 11) is -9.93. The summed E-state index contributed by atoms with van der Waals surface area (Å²) in [6.45, 7) is 9.79. The van der Waals surface area contributed by atoms with Crippen molar-refractivity contribution in [2.24, 2.45) is 11.8 Å². The number of carbonyl (C=O) groups is 4. The minimum atomic E-state index is -4.97. The van der Waals surface area contributed by atoms with Crippen LogP contribution in [0.15, 0.2) is 0 Å². The molecule has 19 heteroatoms. The summed E-state index contributed by atoms with van der Waals surface area (Å²) in [5.41, 5.74) is 0. The van der Waals surface area contributed by atoms with Crippen LogP contribution in [0.3, 0.4) is 0 Å². The van der Waals surface area contributed by atoms with Crippen LogP contribution in [-0.2, 0) is 65.4 Å². The van der Waals surface area contributed by atoms with Gasteiger partial charge in [-0.25, -0.2) is 9.13 Å². The third-order valence-corrected chi connectivity index (χ3v) is 22.8. The van der Waals surface area contributed by atoms with Gasteiger partial charge >= 0.3 is 39.5 Å². The number of phosphoric acid groups is 2. The van der Waals surface area contributed by atoms with Crippen LogP contribution in [0.25, 0.3) is 0 Å². The Bertz CT molecular complexity index is 2010. The van der Waals surface area contributed by atoms with E-state index >= 15 is 0 Å². The summed E-state index contributed by atoms with van der Waals surface area (Å²) in [4.78, 5) is 73.3. The number of aliphatic hydroxyl groups excluding tert-OH is 1. The van der Waals surface area contributed by atoms with E-state index in [1.165, 1.54) is 276 Å². The lowest BCUT2D eigenvalue weighted by Crippen LogP contribution is -2.30. The molecule has 4 unspecified atom stereocenters. The Morgan fingerprint density at radius 1 is 0.267 bits per heavy atom. The third kappa shape index (κ3) is 77.2. The van der Waals surface area contributed by atoms with E-state index in [1.807, 2.05) is 0 Å². The number of carbonyl (C=O) groups excluding carboxylic acids is 4. The van der Waals surface area contributed by atoms with Gasteiger partial charge in [0.2, 0.25) is 0 Å². The number of hydrogen-bond acceptors (Lipinski definition) is 15. The zero-order valence-electron chi connectivity index (χ0n) is 69.0. The van der Waals surface area contributed by atoms with Crippen LogP contribution in [0.4, 0.5) is 0 Å². The summed E-state index contributed by atoms with van der Waals surface area (Å²) in [6, 6.07) is 0. The quantitative estimate of drug-likeness (QED) is 0.0222. The zero-order valence-corrected chi connectivity index (χ0v) is 70.8. The zero-order chi connectivity index (χ0) is 77.1. The second-order valence-corrected chi connectivity index (χ2v) is 34.3. The fraction of sp³-hybridized carbons (Fsp3) is 0.953. The summed E-state index contributed by atoms with van der Waals surface area (Å²) in [6.07, 6.45) is 69.1. The molecule has 7 atom stereocenters. The largest absolute Gasteiger partial charge is 0.472 e. The molecule has 0 aliphatic rings. The van der Waals surface area contributed by atoms with Crippen molar-refractivity contribution >= 4 is 39.5 Å². The van der Waals surface area contributed by atoms with Crippen molar-refractivity contribution in [3.05, 3.63) is 0 Å². The summed E-state index contributed by atoms with van der Waals surface area (Å²) in [5.74, 6) is -0.403. The maximum atomic E-state index is 13.1. The van der Waals surface area contributed by atoms with Gasteiger partial charge in [-0.3, -0.25) is 37.3 Å². The highest BCUT2D eigenvalue weighted by atomic mass is 31.2. The molecular weight excluding hydrogens is 1370 g/mol. The molecule has 0 aromatic carbocycles. The minimum absolute atomic E-state index is 0.108. The molecule has 0 rings (SSSR count). The molecule has 0 heterocycles. The number of hydrogen-bond donors (Lipinski definition) is 3. The van der Waals surface area contributed by atoms with Gasteiger partial charge in [-0.2, -0.15) is 0 Å². The van der Waals surface area contributed by atoms with Gasteiger partial charge in [0.15, 0.2) is 12.2 Å². The van der Waals surface area contributed by atoms with Crippen molar-refractivity contribution in [3.8, 4) is 0 Å². The first kappa shape index (κ1) is 103. The van der Waals surface area contributed by atoms with Gasteiger partial charge in [0, 0.05) is 25.7 Å². The average molecular weight is 1540 g/mol. The Labute approximate surface area is 645 Å². The molecule has 0 fully saturated rings. The van der Waals surface area contributed by atoms with Crippen LogP contribution in [0, 0.1) is 11.8 Å². The molecule has 0 saturated heterocycles. The summed E-state index contributed by atoms with van der Waals surface area (Å²) >= 11 is 0. The Morgan fingerprint density at radius 3 is 0.676 bits per heavy atom. The summed E-state index contributed by atoms with van der Waals surface area (Å²) in [5, 5.41) is 10.7. The van der Waals surface area contributed by atoms with Gasteiger partial charge < -0.3 is 33.8 Å². The molecule has 0 aliphatic carbocycles. The van der Waals surface area contributed by atoms with Crippen molar-refractivity contribution in [3.63, 3.8) is 0 Å². The molecule has 0 saturated carbocycles. The van der Waals surface area contributed by atoms with Gasteiger partial charge in [-0.05, 0) is 37.5 Å². The van der Waals surface area contributed by atoms with E-state index in [0.717, 1.165) is 102 Å². The molecule has 0 aromatic rings. The highest BCUT2D eigenvalue weighted by Gasteiger charge is 2.30. The molecule has 0 spiro atoms. The Balaban J connectivity index is 5.27. The second-order valence-electron chi connectivity index (χ2n) is 31.4. The molecule has 0 radical (unpaired) electrons. The molecular formula is C86H168O17P2. The normalized spacial score (nSPS) is 14.3. The molecule has 17 nitrogen and oxygen atoms in total. The highest BCUT2D eigenvalue weighted by molar-refractivity contribution is 7.47. The van der Waals surface area contributed by atoms with Crippen molar-refractivity contribution < 1.29 is 80.2 Å². The van der Waals surface area contributed by atoms with Crippen LogP contribution in [0.2, 0.25) is 0 Å². The predicted octanol–water partition coefficient (Wildman–Crippen LogP) is 26.2. The van der Waals surface area contributed by atoms with Crippen molar-refractivity contribution in [1.29, 1.82) is 0 Å².